The van der Waals surface area contributed by atoms with Crippen molar-refractivity contribution in [1.29, 1.82) is 0 Å². The van der Waals surface area contributed by atoms with E-state index in [1.165, 1.54) is 4.68 Å². The SMILES string of the molecule is Cc1ccc(NC(=O)CC2C(=O)Nc3nc(-c4ccccc4)nn32)cc1C. The van der Waals surface area contributed by atoms with Gasteiger partial charge in [0.05, 0.1) is 6.42 Å². The van der Waals surface area contributed by atoms with Gasteiger partial charge >= 0.3 is 0 Å². The summed E-state index contributed by atoms with van der Waals surface area (Å²) >= 11 is 0. The van der Waals surface area contributed by atoms with Crippen molar-refractivity contribution in [3.05, 3.63) is 59.7 Å². The van der Waals surface area contributed by atoms with Crippen LogP contribution >= 0.6 is 0 Å². The number of anilines is 2. The van der Waals surface area contributed by atoms with Crippen LogP contribution in [0.4, 0.5) is 11.6 Å². The van der Waals surface area contributed by atoms with Gasteiger partial charge in [0.25, 0.3) is 5.91 Å². The molecule has 1 aliphatic rings. The Labute approximate surface area is 156 Å². The molecule has 0 radical (unpaired) electrons. The number of rotatable bonds is 4. The zero-order valence-corrected chi connectivity index (χ0v) is 15.1. The maximum absolute atomic E-state index is 12.4. The predicted octanol–water partition coefficient (Wildman–Crippen LogP) is 3.08. The monoisotopic (exact) mass is 361 g/mol. The van der Waals surface area contributed by atoms with E-state index < -0.39 is 6.04 Å². The summed E-state index contributed by atoms with van der Waals surface area (Å²) in [6.07, 6.45) is -0.0106. The smallest absolute Gasteiger partial charge is 0.252 e. The van der Waals surface area contributed by atoms with Gasteiger partial charge in [0, 0.05) is 11.3 Å². The maximum atomic E-state index is 12.4. The summed E-state index contributed by atoms with van der Waals surface area (Å²) in [5.41, 5.74) is 3.82. The molecule has 1 aliphatic heterocycles. The van der Waals surface area contributed by atoms with Gasteiger partial charge in [-0.3, -0.25) is 14.9 Å². The maximum Gasteiger partial charge on any atom is 0.252 e. The lowest BCUT2D eigenvalue weighted by atomic mass is 10.1. The predicted molar refractivity (Wildman–Crippen MR) is 102 cm³/mol. The number of aromatic nitrogens is 3. The molecular formula is C20H19N5O2. The number of hydrogen-bond acceptors (Lipinski definition) is 4. The van der Waals surface area contributed by atoms with Gasteiger partial charge in [-0.2, -0.15) is 4.98 Å². The summed E-state index contributed by atoms with van der Waals surface area (Å²) in [6.45, 7) is 4.00. The molecule has 7 heteroatoms. The number of amides is 2. The third-order valence-electron chi connectivity index (χ3n) is 4.67. The van der Waals surface area contributed by atoms with Crippen molar-refractivity contribution in [2.24, 2.45) is 0 Å². The Hall–Kier alpha value is -3.48. The highest BCUT2D eigenvalue weighted by atomic mass is 16.2. The van der Waals surface area contributed by atoms with Crippen LogP contribution in [0.3, 0.4) is 0 Å². The summed E-state index contributed by atoms with van der Waals surface area (Å²) in [5, 5.41) is 9.96. The highest BCUT2D eigenvalue weighted by molar-refractivity contribution is 6.01. The molecule has 1 unspecified atom stereocenters. The van der Waals surface area contributed by atoms with E-state index in [0.29, 0.717) is 17.5 Å². The minimum atomic E-state index is -0.712. The zero-order valence-electron chi connectivity index (χ0n) is 15.1. The van der Waals surface area contributed by atoms with E-state index in [9.17, 15) is 9.59 Å². The molecule has 136 valence electrons. The number of hydrogen-bond donors (Lipinski definition) is 2. The van der Waals surface area contributed by atoms with E-state index in [1.54, 1.807) is 0 Å². The Morgan fingerprint density at radius 2 is 1.93 bits per heavy atom. The summed E-state index contributed by atoms with van der Waals surface area (Å²) in [4.78, 5) is 29.0. The minimum Gasteiger partial charge on any atom is -0.326 e. The number of carbonyl (C=O) groups excluding carboxylic acids is 2. The lowest BCUT2D eigenvalue weighted by Crippen LogP contribution is -2.23. The first-order chi connectivity index (χ1) is 13.0. The van der Waals surface area contributed by atoms with Crippen LogP contribution in [0.5, 0.6) is 0 Å². The number of nitrogens with one attached hydrogen (secondary N) is 2. The molecule has 2 amide bonds. The van der Waals surface area contributed by atoms with Gasteiger partial charge in [-0.05, 0) is 37.1 Å². The molecule has 2 heterocycles. The second-order valence-corrected chi connectivity index (χ2v) is 6.63. The Balaban J connectivity index is 1.51. The molecule has 2 N–H and O–H groups in total. The number of nitrogens with zero attached hydrogens (tertiary/aromatic N) is 3. The third kappa shape index (κ3) is 3.31. The Morgan fingerprint density at radius 3 is 2.67 bits per heavy atom. The minimum absolute atomic E-state index is 0.0106. The molecule has 0 saturated heterocycles. The van der Waals surface area contributed by atoms with Crippen molar-refractivity contribution in [3.63, 3.8) is 0 Å². The molecule has 4 rings (SSSR count). The van der Waals surface area contributed by atoms with Crippen molar-refractivity contribution >= 4 is 23.5 Å². The van der Waals surface area contributed by atoms with Gasteiger partial charge in [-0.15, -0.1) is 5.10 Å². The van der Waals surface area contributed by atoms with Crippen LogP contribution in [0.15, 0.2) is 48.5 Å². The molecule has 0 fully saturated rings. The number of benzene rings is 2. The van der Waals surface area contributed by atoms with Gasteiger partial charge in [0.15, 0.2) is 5.82 Å². The lowest BCUT2D eigenvalue weighted by Gasteiger charge is -2.11. The second-order valence-electron chi connectivity index (χ2n) is 6.63. The van der Waals surface area contributed by atoms with Crippen molar-refractivity contribution in [3.8, 4) is 11.4 Å². The zero-order chi connectivity index (χ0) is 19.0. The van der Waals surface area contributed by atoms with Gasteiger partial charge in [0.1, 0.15) is 6.04 Å². The van der Waals surface area contributed by atoms with E-state index in [0.717, 1.165) is 16.7 Å². The third-order valence-corrected chi connectivity index (χ3v) is 4.67. The summed E-state index contributed by atoms with van der Waals surface area (Å²) in [5.74, 6) is 0.357. The van der Waals surface area contributed by atoms with Gasteiger partial charge in [-0.25, -0.2) is 4.68 Å². The van der Waals surface area contributed by atoms with E-state index >= 15 is 0 Å². The molecule has 27 heavy (non-hydrogen) atoms. The quantitative estimate of drug-likeness (QED) is 0.747. The van der Waals surface area contributed by atoms with Crippen LogP contribution in [0.2, 0.25) is 0 Å². The van der Waals surface area contributed by atoms with Crippen LogP contribution < -0.4 is 10.6 Å². The number of fused-ring (bicyclic) bond motifs is 1. The van der Waals surface area contributed by atoms with E-state index in [2.05, 4.69) is 20.7 Å². The van der Waals surface area contributed by atoms with Gasteiger partial charge in [0.2, 0.25) is 11.9 Å². The van der Waals surface area contributed by atoms with E-state index in [4.69, 9.17) is 0 Å². The number of carbonyl (C=O) groups is 2. The molecule has 1 atom stereocenters. The normalized spacial score (nSPS) is 15.3. The number of aryl methyl sites for hydroxylation is 2. The average Bonchev–Trinajstić information content (AvgIpc) is 3.18. The van der Waals surface area contributed by atoms with Crippen LogP contribution in [0, 0.1) is 13.8 Å². The average molecular weight is 361 g/mol. The Morgan fingerprint density at radius 1 is 1.15 bits per heavy atom. The van der Waals surface area contributed by atoms with Crippen molar-refractivity contribution < 1.29 is 9.59 Å². The molecule has 2 aromatic carbocycles. The molecule has 0 spiro atoms. The molecule has 3 aromatic rings. The van der Waals surface area contributed by atoms with Crippen LogP contribution in [-0.2, 0) is 9.59 Å². The van der Waals surface area contributed by atoms with Crippen LogP contribution in [0.25, 0.3) is 11.4 Å². The highest BCUT2D eigenvalue weighted by Crippen LogP contribution is 2.28. The van der Waals surface area contributed by atoms with Gasteiger partial charge in [-0.1, -0.05) is 36.4 Å². The first-order valence-electron chi connectivity index (χ1n) is 8.71. The Kier molecular flexibility index (Phi) is 4.19. The summed E-state index contributed by atoms with van der Waals surface area (Å²) in [7, 11) is 0. The largest absolute Gasteiger partial charge is 0.326 e. The lowest BCUT2D eigenvalue weighted by molar-refractivity contribution is -0.123. The van der Waals surface area contributed by atoms with E-state index in [-0.39, 0.29) is 18.2 Å². The molecular weight excluding hydrogens is 342 g/mol. The second kappa shape index (κ2) is 6.68. The molecule has 7 nitrogen and oxygen atoms in total. The molecule has 1 aromatic heterocycles. The van der Waals surface area contributed by atoms with Gasteiger partial charge < -0.3 is 5.32 Å². The molecule has 0 saturated carbocycles. The fraction of sp³-hybridized carbons (Fsp3) is 0.200. The molecule has 0 bridgehead atoms. The summed E-state index contributed by atoms with van der Waals surface area (Å²) < 4.78 is 1.49. The first kappa shape index (κ1) is 17.0. The Bertz CT molecular complexity index is 1030. The topological polar surface area (TPSA) is 88.9 Å². The fourth-order valence-electron chi connectivity index (χ4n) is 3.03. The standard InChI is InChI=1S/C20H19N5O2/c1-12-8-9-15(10-13(12)2)21-17(26)11-16-19(27)23-20-22-18(24-25(16)20)14-6-4-3-5-7-14/h3-10,16H,11H2,1-2H3,(H,21,26)(H,22,23,24,27). The van der Waals surface area contributed by atoms with Crippen molar-refractivity contribution in [2.75, 3.05) is 10.6 Å². The first-order valence-corrected chi connectivity index (χ1v) is 8.71. The summed E-state index contributed by atoms with van der Waals surface area (Å²) in [6, 6.07) is 14.5. The highest BCUT2D eigenvalue weighted by Gasteiger charge is 2.35. The molecule has 0 aliphatic carbocycles. The van der Waals surface area contributed by atoms with Crippen LogP contribution in [-0.4, -0.2) is 26.6 Å². The van der Waals surface area contributed by atoms with Crippen molar-refractivity contribution in [2.45, 2.75) is 26.3 Å². The van der Waals surface area contributed by atoms with Crippen molar-refractivity contribution in [1.82, 2.24) is 14.8 Å². The fourth-order valence-corrected chi connectivity index (χ4v) is 3.03. The van der Waals surface area contributed by atoms with E-state index in [1.807, 2.05) is 62.4 Å². The van der Waals surface area contributed by atoms with Crippen LogP contribution in [0.1, 0.15) is 23.6 Å².